The molecule has 0 aromatic heterocycles. The van der Waals surface area contributed by atoms with Crippen LogP contribution in [0.3, 0.4) is 0 Å². The number of amides is 1. The molecule has 1 amide bonds. The Morgan fingerprint density at radius 3 is 2.70 bits per heavy atom. The van der Waals surface area contributed by atoms with Gasteiger partial charge in [-0.1, -0.05) is 36.4 Å². The highest BCUT2D eigenvalue weighted by Gasteiger charge is 2.22. The lowest BCUT2D eigenvalue weighted by atomic mass is 10.0. The van der Waals surface area contributed by atoms with Crippen molar-refractivity contribution in [2.75, 3.05) is 6.61 Å². The predicted molar refractivity (Wildman–Crippen MR) is 76.5 cm³/mol. The molecule has 0 saturated heterocycles. The average Bonchev–Trinajstić information content (AvgIpc) is 2.46. The van der Waals surface area contributed by atoms with E-state index in [0.717, 1.165) is 5.56 Å². The van der Waals surface area contributed by atoms with E-state index < -0.39 is 0 Å². The van der Waals surface area contributed by atoms with Crippen LogP contribution < -0.4 is 5.32 Å². The normalized spacial score (nSPS) is 15.3. The van der Waals surface area contributed by atoms with Crippen molar-refractivity contribution in [2.24, 2.45) is 0 Å². The Balaban J connectivity index is 2.25. The minimum atomic E-state index is -0.361. The third-order valence-electron chi connectivity index (χ3n) is 2.97. The van der Waals surface area contributed by atoms with Gasteiger partial charge < -0.3 is 10.1 Å². The van der Waals surface area contributed by atoms with Gasteiger partial charge in [0, 0.05) is 6.42 Å². The third-order valence-corrected chi connectivity index (χ3v) is 2.97. The smallest absolute Gasteiger partial charge is 0.336 e. The molecule has 0 bridgehead atoms. The van der Waals surface area contributed by atoms with Gasteiger partial charge in [0.05, 0.1) is 17.9 Å². The van der Waals surface area contributed by atoms with Crippen LogP contribution in [0.1, 0.15) is 25.3 Å². The van der Waals surface area contributed by atoms with Crippen molar-refractivity contribution < 1.29 is 14.3 Å². The molecule has 0 radical (unpaired) electrons. The minimum Gasteiger partial charge on any atom is -0.463 e. The number of rotatable bonds is 4. The Labute approximate surface area is 118 Å². The molecule has 1 heterocycles. The van der Waals surface area contributed by atoms with E-state index in [1.807, 2.05) is 36.4 Å². The van der Waals surface area contributed by atoms with Gasteiger partial charge in [-0.05, 0) is 25.0 Å². The van der Waals surface area contributed by atoms with E-state index in [2.05, 4.69) is 5.32 Å². The summed E-state index contributed by atoms with van der Waals surface area (Å²) in [6, 6.07) is 9.69. The highest BCUT2D eigenvalue weighted by Crippen LogP contribution is 2.19. The summed E-state index contributed by atoms with van der Waals surface area (Å²) in [5.41, 5.74) is 2.06. The fraction of sp³-hybridized carbons (Fsp3) is 0.250. The molecule has 104 valence electrons. The van der Waals surface area contributed by atoms with Gasteiger partial charge in [-0.2, -0.15) is 0 Å². The van der Waals surface area contributed by atoms with Crippen molar-refractivity contribution in [3.63, 3.8) is 0 Å². The van der Waals surface area contributed by atoms with Crippen LogP contribution in [0, 0.1) is 0 Å². The Kier molecular flexibility index (Phi) is 4.71. The Morgan fingerprint density at radius 1 is 1.25 bits per heavy atom. The summed E-state index contributed by atoms with van der Waals surface area (Å²) < 4.78 is 5.02. The Hall–Kier alpha value is -2.36. The molecule has 1 aliphatic rings. The average molecular weight is 271 g/mol. The van der Waals surface area contributed by atoms with E-state index in [1.54, 1.807) is 13.0 Å². The van der Waals surface area contributed by atoms with E-state index in [4.69, 9.17) is 4.74 Å². The fourth-order valence-electron chi connectivity index (χ4n) is 1.98. The molecule has 20 heavy (non-hydrogen) atoms. The van der Waals surface area contributed by atoms with E-state index in [0.29, 0.717) is 30.7 Å². The topological polar surface area (TPSA) is 55.4 Å². The molecule has 0 aliphatic carbocycles. The Morgan fingerprint density at radius 2 is 2.00 bits per heavy atom. The number of carbonyl (C=O) groups excluding carboxylic acids is 2. The van der Waals surface area contributed by atoms with Gasteiger partial charge in [0.1, 0.15) is 0 Å². The molecule has 1 aromatic carbocycles. The quantitative estimate of drug-likeness (QED) is 0.856. The SMILES string of the molecule is CCOC(=O)C1=C(/C=C/c2ccccc2)NC(=O)CC1. The van der Waals surface area contributed by atoms with Gasteiger partial charge >= 0.3 is 5.97 Å². The lowest BCUT2D eigenvalue weighted by Crippen LogP contribution is -2.30. The van der Waals surface area contributed by atoms with Gasteiger partial charge in [-0.3, -0.25) is 4.79 Å². The molecular formula is C16H17NO3. The van der Waals surface area contributed by atoms with Crippen LogP contribution in [0.5, 0.6) is 0 Å². The molecule has 1 N–H and O–H groups in total. The fourth-order valence-corrected chi connectivity index (χ4v) is 1.98. The first-order chi connectivity index (χ1) is 9.70. The largest absolute Gasteiger partial charge is 0.463 e. The van der Waals surface area contributed by atoms with Gasteiger partial charge in [0.15, 0.2) is 0 Å². The number of allylic oxidation sites excluding steroid dienone is 1. The second-order valence-corrected chi connectivity index (χ2v) is 4.40. The summed E-state index contributed by atoms with van der Waals surface area (Å²) >= 11 is 0. The summed E-state index contributed by atoms with van der Waals surface area (Å²) in [6.07, 6.45) is 4.34. The minimum absolute atomic E-state index is 0.0780. The number of carbonyl (C=O) groups is 2. The second kappa shape index (κ2) is 6.70. The monoisotopic (exact) mass is 271 g/mol. The van der Waals surface area contributed by atoms with E-state index >= 15 is 0 Å². The van der Waals surface area contributed by atoms with Gasteiger partial charge in [0.25, 0.3) is 0 Å². The van der Waals surface area contributed by atoms with E-state index in [-0.39, 0.29) is 11.9 Å². The van der Waals surface area contributed by atoms with Crippen LogP contribution in [0.15, 0.2) is 47.7 Å². The zero-order valence-electron chi connectivity index (χ0n) is 11.4. The van der Waals surface area contributed by atoms with E-state index in [9.17, 15) is 9.59 Å². The molecule has 4 nitrogen and oxygen atoms in total. The van der Waals surface area contributed by atoms with Crippen molar-refractivity contribution in [2.45, 2.75) is 19.8 Å². The van der Waals surface area contributed by atoms with Crippen LogP contribution in [0.2, 0.25) is 0 Å². The van der Waals surface area contributed by atoms with Gasteiger partial charge in [-0.15, -0.1) is 0 Å². The first-order valence-electron chi connectivity index (χ1n) is 6.64. The summed E-state index contributed by atoms with van der Waals surface area (Å²) in [4.78, 5) is 23.3. The standard InChI is InChI=1S/C16H17NO3/c1-2-20-16(19)13-9-11-15(18)17-14(13)10-8-12-6-4-3-5-7-12/h3-8,10H,2,9,11H2,1H3,(H,17,18)/b10-8+. The van der Waals surface area contributed by atoms with Crippen LogP contribution in [-0.4, -0.2) is 18.5 Å². The molecule has 0 saturated carbocycles. The molecule has 0 fully saturated rings. The maximum Gasteiger partial charge on any atom is 0.336 e. The van der Waals surface area contributed by atoms with Crippen molar-refractivity contribution >= 4 is 18.0 Å². The van der Waals surface area contributed by atoms with Crippen molar-refractivity contribution in [1.82, 2.24) is 5.32 Å². The highest BCUT2D eigenvalue weighted by molar-refractivity contribution is 5.94. The second-order valence-electron chi connectivity index (χ2n) is 4.40. The Bertz CT molecular complexity index is 558. The number of ether oxygens (including phenoxy) is 1. The number of benzene rings is 1. The summed E-state index contributed by atoms with van der Waals surface area (Å²) in [5, 5.41) is 2.73. The van der Waals surface area contributed by atoms with Gasteiger partial charge in [-0.25, -0.2) is 4.79 Å². The van der Waals surface area contributed by atoms with Crippen molar-refractivity contribution in [3.05, 3.63) is 53.2 Å². The lowest BCUT2D eigenvalue weighted by molar-refractivity contribution is -0.138. The maximum atomic E-state index is 11.9. The number of nitrogens with one attached hydrogen (secondary N) is 1. The molecular weight excluding hydrogens is 254 g/mol. The third kappa shape index (κ3) is 3.57. The molecule has 0 unspecified atom stereocenters. The first kappa shape index (κ1) is 14.1. The first-order valence-corrected chi connectivity index (χ1v) is 6.64. The number of hydrogen-bond donors (Lipinski definition) is 1. The summed E-state index contributed by atoms with van der Waals surface area (Å²) in [5.74, 6) is -0.439. The summed E-state index contributed by atoms with van der Waals surface area (Å²) in [7, 11) is 0. The lowest BCUT2D eigenvalue weighted by Gasteiger charge is -2.17. The van der Waals surface area contributed by atoms with Crippen LogP contribution in [0.4, 0.5) is 0 Å². The van der Waals surface area contributed by atoms with Crippen LogP contribution >= 0.6 is 0 Å². The number of esters is 1. The van der Waals surface area contributed by atoms with Crippen LogP contribution in [-0.2, 0) is 14.3 Å². The van der Waals surface area contributed by atoms with Crippen molar-refractivity contribution in [1.29, 1.82) is 0 Å². The van der Waals surface area contributed by atoms with E-state index in [1.165, 1.54) is 0 Å². The van der Waals surface area contributed by atoms with Crippen molar-refractivity contribution in [3.8, 4) is 0 Å². The molecule has 1 aliphatic heterocycles. The van der Waals surface area contributed by atoms with Crippen LogP contribution in [0.25, 0.3) is 6.08 Å². The zero-order valence-corrected chi connectivity index (χ0v) is 11.4. The molecule has 4 heteroatoms. The number of hydrogen-bond acceptors (Lipinski definition) is 3. The zero-order chi connectivity index (χ0) is 14.4. The maximum absolute atomic E-state index is 11.9. The molecule has 0 atom stereocenters. The highest BCUT2D eigenvalue weighted by atomic mass is 16.5. The molecule has 2 rings (SSSR count). The molecule has 1 aromatic rings. The molecule has 0 spiro atoms. The predicted octanol–water partition coefficient (Wildman–Crippen LogP) is 2.43. The summed E-state index contributed by atoms with van der Waals surface area (Å²) in [6.45, 7) is 2.09. The van der Waals surface area contributed by atoms with Gasteiger partial charge in [0.2, 0.25) is 5.91 Å².